The van der Waals surface area contributed by atoms with E-state index in [9.17, 15) is 14.4 Å². The molecule has 2 N–H and O–H groups in total. The lowest BCUT2D eigenvalue weighted by molar-refractivity contribution is -0.147. The van der Waals surface area contributed by atoms with Gasteiger partial charge in [0, 0.05) is 53.5 Å². The first-order valence-electron chi connectivity index (χ1n) is 13.9. The Labute approximate surface area is 259 Å². The van der Waals surface area contributed by atoms with E-state index in [0.717, 1.165) is 27.7 Å². The number of amides is 2. The van der Waals surface area contributed by atoms with Gasteiger partial charge in [-0.15, -0.1) is 0 Å². The number of nitrogens with one attached hydrogen (secondary N) is 2. The molecule has 224 valence electrons. The minimum absolute atomic E-state index is 0.205. The third kappa shape index (κ3) is 7.42. The standard InChI is InChI=1S/C32H31Cl2N3O6/c1-19(38)35-18-26(42-20(2)39)14-16-41-24-8-3-21(4-9-24)31-30-27(28-17-23(34)7-12-29(28)36-30)13-15-37(31)32(40)43-25-10-5-22(33)6-11-25/h3-12,17,26,31,36H,13-16,18H2,1-2H3,(H,35,38). The number of halogens is 2. The van der Waals surface area contributed by atoms with Gasteiger partial charge in [-0.25, -0.2) is 4.79 Å². The van der Waals surface area contributed by atoms with Gasteiger partial charge in [0.2, 0.25) is 5.91 Å². The second kappa shape index (κ2) is 13.4. The SMILES string of the molecule is CC(=O)NCC(CCOc1ccc(C2c3[nH]c4ccc(Cl)cc4c3CCN2C(=O)Oc2ccc(Cl)cc2)cc1)OC(C)=O. The van der Waals surface area contributed by atoms with Crippen LogP contribution >= 0.6 is 23.2 Å². The van der Waals surface area contributed by atoms with Crippen molar-refractivity contribution in [1.29, 1.82) is 0 Å². The van der Waals surface area contributed by atoms with Crippen molar-refractivity contribution in [2.24, 2.45) is 0 Å². The highest BCUT2D eigenvalue weighted by atomic mass is 35.5. The number of aromatic amines is 1. The van der Waals surface area contributed by atoms with Crippen LogP contribution in [0.1, 0.15) is 43.1 Å². The minimum atomic E-state index is -0.503. The maximum Gasteiger partial charge on any atom is 0.416 e. The number of ether oxygens (including phenoxy) is 3. The van der Waals surface area contributed by atoms with Crippen molar-refractivity contribution in [2.75, 3.05) is 19.7 Å². The lowest BCUT2D eigenvalue weighted by atomic mass is 9.92. The third-order valence-corrected chi connectivity index (χ3v) is 7.65. The second-order valence-corrected chi connectivity index (χ2v) is 11.1. The molecule has 2 unspecified atom stereocenters. The zero-order valence-electron chi connectivity index (χ0n) is 23.7. The van der Waals surface area contributed by atoms with Crippen molar-refractivity contribution in [3.05, 3.63) is 93.6 Å². The molecule has 0 bridgehead atoms. The van der Waals surface area contributed by atoms with Gasteiger partial charge in [-0.2, -0.15) is 0 Å². The van der Waals surface area contributed by atoms with Gasteiger partial charge >= 0.3 is 12.1 Å². The summed E-state index contributed by atoms with van der Waals surface area (Å²) in [5.74, 6) is 0.380. The van der Waals surface area contributed by atoms with Gasteiger partial charge in [0.05, 0.1) is 13.2 Å². The van der Waals surface area contributed by atoms with E-state index in [0.29, 0.717) is 40.9 Å². The number of hydrogen-bond acceptors (Lipinski definition) is 6. The van der Waals surface area contributed by atoms with Gasteiger partial charge in [-0.1, -0.05) is 35.3 Å². The molecule has 1 aromatic heterocycles. The predicted molar refractivity (Wildman–Crippen MR) is 164 cm³/mol. The maximum atomic E-state index is 13.5. The number of rotatable bonds is 9. The molecule has 0 spiro atoms. The van der Waals surface area contributed by atoms with E-state index in [2.05, 4.69) is 10.3 Å². The fourth-order valence-corrected chi connectivity index (χ4v) is 5.51. The molecule has 1 aliphatic rings. The number of fused-ring (bicyclic) bond motifs is 3. The van der Waals surface area contributed by atoms with Crippen LogP contribution in [-0.4, -0.2) is 53.7 Å². The van der Waals surface area contributed by atoms with Crippen LogP contribution in [0.15, 0.2) is 66.7 Å². The fraction of sp³-hybridized carbons (Fsp3) is 0.281. The number of carbonyl (C=O) groups excluding carboxylic acids is 3. The number of nitrogens with zero attached hydrogens (tertiary/aromatic N) is 1. The predicted octanol–water partition coefficient (Wildman–Crippen LogP) is 6.46. The quantitative estimate of drug-likeness (QED) is 0.207. The Morgan fingerprint density at radius 2 is 1.67 bits per heavy atom. The first-order chi connectivity index (χ1) is 20.7. The van der Waals surface area contributed by atoms with Crippen LogP contribution in [0, 0.1) is 0 Å². The Morgan fingerprint density at radius 3 is 2.37 bits per heavy atom. The molecule has 0 fully saturated rings. The number of H-pyrrole nitrogens is 1. The number of carbonyl (C=O) groups is 3. The van der Waals surface area contributed by atoms with Crippen LogP contribution in [0.2, 0.25) is 10.0 Å². The molecule has 43 heavy (non-hydrogen) atoms. The molecule has 2 amide bonds. The zero-order chi connectivity index (χ0) is 30.5. The molecule has 2 heterocycles. The summed E-state index contributed by atoms with van der Waals surface area (Å²) in [4.78, 5) is 41.4. The largest absolute Gasteiger partial charge is 0.493 e. The third-order valence-electron chi connectivity index (χ3n) is 7.16. The average molecular weight is 625 g/mol. The van der Waals surface area contributed by atoms with E-state index in [4.69, 9.17) is 37.4 Å². The molecule has 2 atom stereocenters. The Hall–Kier alpha value is -4.21. The van der Waals surface area contributed by atoms with Crippen LogP contribution in [0.5, 0.6) is 11.5 Å². The Kier molecular flexibility index (Phi) is 9.43. The van der Waals surface area contributed by atoms with Crippen molar-refractivity contribution >= 4 is 52.1 Å². The molecule has 3 aromatic carbocycles. The smallest absolute Gasteiger partial charge is 0.416 e. The first kappa shape index (κ1) is 30.3. The van der Waals surface area contributed by atoms with Crippen molar-refractivity contribution in [1.82, 2.24) is 15.2 Å². The molecule has 1 aliphatic heterocycles. The van der Waals surface area contributed by atoms with Crippen molar-refractivity contribution < 1.29 is 28.6 Å². The summed E-state index contributed by atoms with van der Waals surface area (Å²) < 4.78 is 16.9. The number of esters is 1. The average Bonchev–Trinajstić information content (AvgIpc) is 3.34. The normalized spacial score (nSPS) is 15.0. The Bertz CT molecular complexity index is 1620. The highest BCUT2D eigenvalue weighted by Gasteiger charge is 2.35. The first-order valence-corrected chi connectivity index (χ1v) is 14.6. The monoisotopic (exact) mass is 623 g/mol. The minimum Gasteiger partial charge on any atom is -0.493 e. The molecule has 0 saturated heterocycles. The molecule has 0 radical (unpaired) electrons. The van der Waals surface area contributed by atoms with E-state index in [1.54, 1.807) is 29.2 Å². The van der Waals surface area contributed by atoms with Gasteiger partial charge in [0.25, 0.3) is 0 Å². The summed E-state index contributed by atoms with van der Waals surface area (Å²) in [7, 11) is 0. The molecule has 0 saturated carbocycles. The fourth-order valence-electron chi connectivity index (χ4n) is 5.22. The van der Waals surface area contributed by atoms with Crippen LogP contribution in [0.25, 0.3) is 10.9 Å². The summed E-state index contributed by atoms with van der Waals surface area (Å²) in [6.45, 7) is 3.65. The lowest BCUT2D eigenvalue weighted by Crippen LogP contribution is -2.42. The summed E-state index contributed by atoms with van der Waals surface area (Å²) in [6.07, 6.45) is 0.0448. The molecule has 11 heteroatoms. The zero-order valence-corrected chi connectivity index (χ0v) is 25.2. The molecular weight excluding hydrogens is 593 g/mol. The van der Waals surface area contributed by atoms with Gasteiger partial charge < -0.3 is 24.5 Å². The molecule has 9 nitrogen and oxygen atoms in total. The van der Waals surface area contributed by atoms with E-state index in [1.807, 2.05) is 42.5 Å². The number of benzene rings is 3. The van der Waals surface area contributed by atoms with Crippen molar-refractivity contribution in [2.45, 2.75) is 38.8 Å². The molecule has 5 rings (SSSR count). The molecular formula is C32H31Cl2N3O6. The van der Waals surface area contributed by atoms with E-state index < -0.39 is 24.2 Å². The van der Waals surface area contributed by atoms with E-state index in [1.165, 1.54) is 13.8 Å². The van der Waals surface area contributed by atoms with Crippen LogP contribution in [0.3, 0.4) is 0 Å². The van der Waals surface area contributed by atoms with Crippen LogP contribution in [0.4, 0.5) is 4.79 Å². The van der Waals surface area contributed by atoms with Crippen LogP contribution in [-0.2, 0) is 20.7 Å². The summed E-state index contributed by atoms with van der Waals surface area (Å²) >= 11 is 12.3. The van der Waals surface area contributed by atoms with Gasteiger partial charge in [0.15, 0.2) is 0 Å². The number of aromatic nitrogens is 1. The van der Waals surface area contributed by atoms with E-state index >= 15 is 0 Å². The highest BCUT2D eigenvalue weighted by molar-refractivity contribution is 6.31. The van der Waals surface area contributed by atoms with Crippen LogP contribution < -0.4 is 14.8 Å². The Balaban J connectivity index is 1.37. The second-order valence-electron chi connectivity index (χ2n) is 10.2. The topological polar surface area (TPSA) is 110 Å². The summed E-state index contributed by atoms with van der Waals surface area (Å²) in [5.41, 5.74) is 3.80. The lowest BCUT2D eigenvalue weighted by Gasteiger charge is -2.35. The van der Waals surface area contributed by atoms with Crippen molar-refractivity contribution in [3.63, 3.8) is 0 Å². The number of hydrogen-bond donors (Lipinski definition) is 2. The summed E-state index contributed by atoms with van der Waals surface area (Å²) in [6, 6.07) is 19.4. The molecule has 4 aromatic rings. The van der Waals surface area contributed by atoms with Gasteiger partial charge in [-0.05, 0) is 72.1 Å². The van der Waals surface area contributed by atoms with Crippen molar-refractivity contribution in [3.8, 4) is 11.5 Å². The highest BCUT2D eigenvalue weighted by Crippen LogP contribution is 2.40. The Morgan fingerprint density at radius 1 is 0.977 bits per heavy atom. The van der Waals surface area contributed by atoms with Gasteiger partial charge in [-0.3, -0.25) is 14.5 Å². The summed E-state index contributed by atoms with van der Waals surface area (Å²) in [5, 5.41) is 4.89. The molecule has 0 aliphatic carbocycles. The maximum absolute atomic E-state index is 13.5. The van der Waals surface area contributed by atoms with E-state index in [-0.39, 0.29) is 19.1 Å². The van der Waals surface area contributed by atoms with Gasteiger partial charge in [0.1, 0.15) is 23.6 Å².